The van der Waals surface area contributed by atoms with Crippen LogP contribution in [0.1, 0.15) is 43.6 Å². The third-order valence-corrected chi connectivity index (χ3v) is 3.37. The van der Waals surface area contributed by atoms with Crippen molar-refractivity contribution in [1.82, 2.24) is 9.88 Å². The Hall–Kier alpha value is -1.58. The second-order valence-electron chi connectivity index (χ2n) is 5.12. The molecule has 0 radical (unpaired) electrons. The highest BCUT2D eigenvalue weighted by atomic mass is 16.2. The van der Waals surface area contributed by atoms with Crippen LogP contribution in [0.15, 0.2) is 18.2 Å². The van der Waals surface area contributed by atoms with Gasteiger partial charge in [-0.3, -0.25) is 4.79 Å². The second-order valence-corrected chi connectivity index (χ2v) is 5.12. The van der Waals surface area contributed by atoms with Gasteiger partial charge in [0.15, 0.2) is 0 Å². The lowest BCUT2D eigenvalue weighted by Crippen LogP contribution is -2.33. The summed E-state index contributed by atoms with van der Waals surface area (Å²) in [6.07, 6.45) is 3.56. The van der Waals surface area contributed by atoms with E-state index in [-0.39, 0.29) is 5.91 Å². The van der Waals surface area contributed by atoms with E-state index in [1.165, 1.54) is 12.8 Å². The molecule has 1 fully saturated rings. The van der Waals surface area contributed by atoms with E-state index >= 15 is 0 Å². The van der Waals surface area contributed by atoms with Crippen molar-refractivity contribution in [3.63, 3.8) is 0 Å². The highest BCUT2D eigenvalue weighted by Crippen LogP contribution is 2.30. The lowest BCUT2D eigenvalue weighted by Gasteiger charge is -2.20. The highest BCUT2D eigenvalue weighted by molar-refractivity contribution is 5.92. The van der Waals surface area contributed by atoms with Gasteiger partial charge in [0, 0.05) is 19.6 Å². The lowest BCUT2D eigenvalue weighted by atomic mass is 10.2. The van der Waals surface area contributed by atoms with E-state index in [2.05, 4.69) is 17.2 Å². The first-order valence-electron chi connectivity index (χ1n) is 7.24. The van der Waals surface area contributed by atoms with Crippen molar-refractivity contribution in [2.45, 2.75) is 33.1 Å². The molecule has 1 N–H and O–H groups in total. The fraction of sp³-hybridized carbons (Fsp3) is 0.600. The maximum Gasteiger partial charge on any atom is 0.272 e. The summed E-state index contributed by atoms with van der Waals surface area (Å²) in [5, 5.41) is 3.22. The first-order chi connectivity index (χ1) is 9.24. The van der Waals surface area contributed by atoms with Gasteiger partial charge in [-0.2, -0.15) is 0 Å². The molecule has 0 saturated heterocycles. The molecule has 1 aromatic heterocycles. The van der Waals surface area contributed by atoms with Crippen LogP contribution in [0.25, 0.3) is 0 Å². The average molecular weight is 261 g/mol. The van der Waals surface area contributed by atoms with Crippen molar-refractivity contribution in [3.8, 4) is 0 Å². The van der Waals surface area contributed by atoms with Crippen LogP contribution in [0, 0.1) is 5.92 Å². The standard InChI is InChI=1S/C15H23N3O/c1-3-10-16-14-7-5-6-13(17-14)15(19)18(4-2)11-12-8-9-12/h5-7,12H,3-4,8-11H2,1-2H3,(H,16,17). The SMILES string of the molecule is CCCNc1cccc(C(=O)N(CC)CC2CC2)n1. The van der Waals surface area contributed by atoms with Crippen LogP contribution in [0.4, 0.5) is 5.82 Å². The largest absolute Gasteiger partial charge is 0.370 e. The number of aromatic nitrogens is 1. The van der Waals surface area contributed by atoms with Crippen molar-refractivity contribution in [2.75, 3.05) is 25.0 Å². The minimum absolute atomic E-state index is 0.0505. The molecule has 19 heavy (non-hydrogen) atoms. The molecular formula is C15H23N3O. The van der Waals surface area contributed by atoms with Crippen LogP contribution >= 0.6 is 0 Å². The number of nitrogens with one attached hydrogen (secondary N) is 1. The summed E-state index contributed by atoms with van der Waals surface area (Å²) >= 11 is 0. The number of carbonyl (C=O) groups excluding carboxylic acids is 1. The van der Waals surface area contributed by atoms with E-state index in [0.717, 1.165) is 31.9 Å². The van der Waals surface area contributed by atoms with E-state index in [1.54, 1.807) is 6.07 Å². The number of pyridine rings is 1. The number of rotatable bonds is 7. The summed E-state index contributed by atoms with van der Waals surface area (Å²) < 4.78 is 0. The number of nitrogens with zero attached hydrogens (tertiary/aromatic N) is 2. The van der Waals surface area contributed by atoms with Gasteiger partial charge in [0.2, 0.25) is 0 Å². The molecule has 0 aromatic carbocycles. The van der Waals surface area contributed by atoms with Gasteiger partial charge in [0.25, 0.3) is 5.91 Å². The molecule has 4 nitrogen and oxygen atoms in total. The van der Waals surface area contributed by atoms with Crippen molar-refractivity contribution in [3.05, 3.63) is 23.9 Å². The van der Waals surface area contributed by atoms with Gasteiger partial charge in [-0.05, 0) is 44.2 Å². The highest BCUT2D eigenvalue weighted by Gasteiger charge is 2.26. The molecule has 4 heteroatoms. The Balaban J connectivity index is 2.03. The zero-order chi connectivity index (χ0) is 13.7. The third-order valence-electron chi connectivity index (χ3n) is 3.37. The molecule has 1 heterocycles. The van der Waals surface area contributed by atoms with Crippen LogP contribution in [0.3, 0.4) is 0 Å². The van der Waals surface area contributed by atoms with E-state index in [4.69, 9.17) is 0 Å². The number of anilines is 1. The van der Waals surface area contributed by atoms with Crippen LogP contribution in [0.2, 0.25) is 0 Å². The molecule has 0 unspecified atom stereocenters. The topological polar surface area (TPSA) is 45.2 Å². The molecular weight excluding hydrogens is 238 g/mol. The molecule has 1 amide bonds. The Labute approximate surface area is 115 Å². The van der Waals surface area contributed by atoms with Crippen molar-refractivity contribution in [2.24, 2.45) is 5.92 Å². The van der Waals surface area contributed by atoms with Crippen molar-refractivity contribution < 1.29 is 4.79 Å². The van der Waals surface area contributed by atoms with Crippen molar-refractivity contribution >= 4 is 11.7 Å². The van der Waals surface area contributed by atoms with Crippen LogP contribution in [0.5, 0.6) is 0 Å². The molecule has 1 aliphatic rings. The maximum atomic E-state index is 12.4. The molecule has 0 atom stereocenters. The molecule has 104 valence electrons. The van der Waals surface area contributed by atoms with Gasteiger partial charge < -0.3 is 10.2 Å². The average Bonchev–Trinajstić information content (AvgIpc) is 3.26. The maximum absolute atomic E-state index is 12.4. The second kappa shape index (κ2) is 6.55. The number of hydrogen-bond acceptors (Lipinski definition) is 3. The number of amides is 1. The van der Waals surface area contributed by atoms with E-state index < -0.39 is 0 Å². The molecule has 0 bridgehead atoms. The molecule has 0 aliphatic heterocycles. The summed E-state index contributed by atoms with van der Waals surface area (Å²) in [6.45, 7) is 6.65. The lowest BCUT2D eigenvalue weighted by molar-refractivity contribution is 0.0751. The summed E-state index contributed by atoms with van der Waals surface area (Å²) in [6, 6.07) is 5.60. The summed E-state index contributed by atoms with van der Waals surface area (Å²) in [4.78, 5) is 18.7. The van der Waals surface area contributed by atoms with Gasteiger partial charge in [-0.15, -0.1) is 0 Å². The molecule has 1 aromatic rings. The van der Waals surface area contributed by atoms with E-state index in [0.29, 0.717) is 11.6 Å². The van der Waals surface area contributed by atoms with Crippen LogP contribution < -0.4 is 5.32 Å². The molecule has 2 rings (SSSR count). The third kappa shape index (κ3) is 3.94. The Bertz CT molecular complexity index is 429. The fourth-order valence-electron chi connectivity index (χ4n) is 2.04. The van der Waals surface area contributed by atoms with Gasteiger partial charge in [0.1, 0.15) is 11.5 Å². The monoisotopic (exact) mass is 261 g/mol. The smallest absolute Gasteiger partial charge is 0.272 e. The van der Waals surface area contributed by atoms with E-state index in [1.807, 2.05) is 24.0 Å². The minimum Gasteiger partial charge on any atom is -0.370 e. The zero-order valence-electron chi connectivity index (χ0n) is 11.9. The normalized spacial score (nSPS) is 14.2. The summed E-state index contributed by atoms with van der Waals surface area (Å²) in [5.74, 6) is 1.55. The first-order valence-corrected chi connectivity index (χ1v) is 7.24. The number of carbonyl (C=O) groups is 1. The van der Waals surface area contributed by atoms with Gasteiger partial charge in [-0.25, -0.2) is 4.98 Å². The van der Waals surface area contributed by atoms with Crippen LogP contribution in [-0.4, -0.2) is 35.4 Å². The molecule has 1 saturated carbocycles. The first kappa shape index (κ1) is 13.8. The number of hydrogen-bond donors (Lipinski definition) is 1. The Morgan fingerprint density at radius 3 is 2.84 bits per heavy atom. The quantitative estimate of drug-likeness (QED) is 0.821. The fourth-order valence-corrected chi connectivity index (χ4v) is 2.04. The molecule has 0 spiro atoms. The van der Waals surface area contributed by atoms with E-state index in [9.17, 15) is 4.79 Å². The van der Waals surface area contributed by atoms with Gasteiger partial charge >= 0.3 is 0 Å². The molecule has 1 aliphatic carbocycles. The Kier molecular flexibility index (Phi) is 4.77. The van der Waals surface area contributed by atoms with Gasteiger partial charge in [0.05, 0.1) is 0 Å². The van der Waals surface area contributed by atoms with Crippen LogP contribution in [-0.2, 0) is 0 Å². The predicted octanol–water partition coefficient (Wildman–Crippen LogP) is 2.78. The minimum atomic E-state index is 0.0505. The predicted molar refractivity (Wildman–Crippen MR) is 77.3 cm³/mol. The Morgan fingerprint density at radius 2 is 2.21 bits per heavy atom. The Morgan fingerprint density at radius 1 is 1.42 bits per heavy atom. The zero-order valence-corrected chi connectivity index (χ0v) is 11.9. The van der Waals surface area contributed by atoms with Crippen molar-refractivity contribution in [1.29, 1.82) is 0 Å². The van der Waals surface area contributed by atoms with Gasteiger partial charge in [-0.1, -0.05) is 13.0 Å². The summed E-state index contributed by atoms with van der Waals surface area (Å²) in [7, 11) is 0. The summed E-state index contributed by atoms with van der Waals surface area (Å²) in [5.41, 5.74) is 0.545.